The van der Waals surface area contributed by atoms with Crippen LogP contribution in [0, 0.1) is 0 Å². The highest BCUT2D eigenvalue weighted by atomic mass is 16.3. The van der Waals surface area contributed by atoms with Crippen LogP contribution < -0.4 is 5.73 Å². The van der Waals surface area contributed by atoms with Crippen molar-refractivity contribution in [1.29, 1.82) is 0 Å². The summed E-state index contributed by atoms with van der Waals surface area (Å²) in [6.45, 7) is 0.144. The van der Waals surface area contributed by atoms with E-state index < -0.39 is 0 Å². The lowest BCUT2D eigenvalue weighted by atomic mass is 9.99. The summed E-state index contributed by atoms with van der Waals surface area (Å²) in [5.74, 6) is 0. The van der Waals surface area contributed by atoms with Crippen molar-refractivity contribution in [2.45, 2.75) is 31.7 Å². The predicted octanol–water partition coefficient (Wildman–Crippen LogP) is 0.953. The van der Waals surface area contributed by atoms with Crippen LogP contribution in [0.15, 0.2) is 12.4 Å². The van der Waals surface area contributed by atoms with Gasteiger partial charge >= 0.3 is 0 Å². The van der Waals surface area contributed by atoms with E-state index in [4.69, 9.17) is 10.8 Å². The Labute approximate surface area is 84.0 Å². The van der Waals surface area contributed by atoms with Crippen LogP contribution in [-0.2, 0) is 12.8 Å². The average Bonchev–Trinajstić information content (AvgIpc) is 2.65. The zero-order valence-electron chi connectivity index (χ0n) is 8.24. The topological polar surface area (TPSA) is 59.1 Å². The van der Waals surface area contributed by atoms with Gasteiger partial charge in [0.05, 0.1) is 0 Å². The van der Waals surface area contributed by atoms with Crippen molar-refractivity contribution in [2.24, 2.45) is 5.73 Å². The molecule has 0 spiro atoms. The third-order valence-corrected chi connectivity index (χ3v) is 2.89. The predicted molar refractivity (Wildman–Crippen MR) is 54.9 cm³/mol. The minimum atomic E-state index is -0.0550. The molecule has 1 aromatic rings. The molecule has 0 aromatic carbocycles. The van der Waals surface area contributed by atoms with Crippen LogP contribution >= 0.6 is 0 Å². The average molecular weight is 192 g/mol. The molecule has 1 unspecified atom stereocenters. The number of aliphatic hydroxyl groups is 1. The molecule has 1 aliphatic carbocycles. The summed E-state index contributed by atoms with van der Waals surface area (Å²) in [5, 5.41) is 8.85. The highest BCUT2D eigenvalue weighted by Crippen LogP contribution is 2.28. The van der Waals surface area contributed by atoms with Crippen LogP contribution in [0.3, 0.4) is 0 Å². The van der Waals surface area contributed by atoms with Gasteiger partial charge in [-0.05, 0) is 42.4 Å². The molecule has 0 aliphatic heterocycles. The number of nitrogens with two attached hydrogens (primary N) is 1. The molecule has 0 saturated heterocycles. The van der Waals surface area contributed by atoms with Gasteiger partial charge in [0.25, 0.3) is 0 Å². The minimum absolute atomic E-state index is 0.0550. The Morgan fingerprint density at radius 1 is 1.43 bits per heavy atom. The minimum Gasteiger partial charge on any atom is -0.396 e. The van der Waals surface area contributed by atoms with Gasteiger partial charge in [0.15, 0.2) is 0 Å². The summed E-state index contributed by atoms with van der Waals surface area (Å²) in [4.78, 5) is 4.20. The molecule has 0 bridgehead atoms. The van der Waals surface area contributed by atoms with Gasteiger partial charge in [0.1, 0.15) is 0 Å². The van der Waals surface area contributed by atoms with E-state index in [1.807, 2.05) is 12.4 Å². The molecule has 0 fully saturated rings. The van der Waals surface area contributed by atoms with E-state index in [9.17, 15) is 0 Å². The van der Waals surface area contributed by atoms with Gasteiger partial charge in [0.2, 0.25) is 0 Å². The number of nitrogens with zero attached hydrogens (tertiary/aromatic N) is 1. The van der Waals surface area contributed by atoms with Crippen LogP contribution in [0.4, 0.5) is 0 Å². The lowest BCUT2D eigenvalue weighted by Crippen LogP contribution is -2.14. The smallest absolute Gasteiger partial charge is 0.0449 e. The number of aromatic nitrogens is 1. The van der Waals surface area contributed by atoms with E-state index in [0.717, 1.165) is 18.4 Å². The molecule has 1 heterocycles. The lowest BCUT2D eigenvalue weighted by Gasteiger charge is -2.14. The van der Waals surface area contributed by atoms with Crippen molar-refractivity contribution < 1.29 is 5.11 Å². The van der Waals surface area contributed by atoms with Gasteiger partial charge in [-0.2, -0.15) is 0 Å². The van der Waals surface area contributed by atoms with Gasteiger partial charge in [-0.3, -0.25) is 4.98 Å². The summed E-state index contributed by atoms with van der Waals surface area (Å²) >= 11 is 0. The Morgan fingerprint density at radius 3 is 3.07 bits per heavy atom. The number of rotatable bonds is 3. The van der Waals surface area contributed by atoms with Gasteiger partial charge in [0, 0.05) is 25.0 Å². The van der Waals surface area contributed by atoms with Crippen LogP contribution in [-0.4, -0.2) is 16.7 Å². The van der Waals surface area contributed by atoms with Gasteiger partial charge < -0.3 is 10.8 Å². The fourth-order valence-electron chi connectivity index (χ4n) is 2.14. The molecule has 0 amide bonds. The zero-order valence-corrected chi connectivity index (χ0v) is 8.24. The summed E-state index contributed by atoms with van der Waals surface area (Å²) < 4.78 is 0. The molecule has 3 nitrogen and oxygen atoms in total. The quantitative estimate of drug-likeness (QED) is 0.749. The molecule has 3 heteroatoms. The fourth-order valence-corrected chi connectivity index (χ4v) is 2.14. The first-order chi connectivity index (χ1) is 6.83. The fraction of sp³-hybridized carbons (Fsp3) is 0.545. The van der Waals surface area contributed by atoms with E-state index in [0.29, 0.717) is 6.42 Å². The van der Waals surface area contributed by atoms with Crippen molar-refractivity contribution in [3.05, 3.63) is 29.1 Å². The van der Waals surface area contributed by atoms with E-state index >= 15 is 0 Å². The molecule has 0 saturated carbocycles. The Bertz CT molecular complexity index is 325. The maximum Gasteiger partial charge on any atom is 0.0449 e. The summed E-state index contributed by atoms with van der Waals surface area (Å²) in [5.41, 5.74) is 9.83. The molecular formula is C11H16N2O. The Kier molecular flexibility index (Phi) is 2.79. The zero-order chi connectivity index (χ0) is 9.97. The summed E-state index contributed by atoms with van der Waals surface area (Å²) in [6, 6.07) is -0.0550. The first kappa shape index (κ1) is 9.62. The van der Waals surface area contributed by atoms with Crippen molar-refractivity contribution >= 4 is 0 Å². The summed E-state index contributed by atoms with van der Waals surface area (Å²) in [6.07, 6.45) is 7.87. The summed E-state index contributed by atoms with van der Waals surface area (Å²) in [7, 11) is 0. The normalized spacial score (nSPS) is 16.7. The Hall–Kier alpha value is -0.930. The third-order valence-electron chi connectivity index (χ3n) is 2.89. The molecule has 14 heavy (non-hydrogen) atoms. The molecule has 3 N–H and O–H groups in total. The van der Waals surface area contributed by atoms with Crippen molar-refractivity contribution in [3.63, 3.8) is 0 Å². The van der Waals surface area contributed by atoms with Crippen LogP contribution in [0.2, 0.25) is 0 Å². The molecule has 1 aliphatic rings. The number of aliphatic hydroxyl groups excluding tert-OH is 1. The van der Waals surface area contributed by atoms with Gasteiger partial charge in [-0.1, -0.05) is 0 Å². The maximum atomic E-state index is 8.85. The van der Waals surface area contributed by atoms with E-state index in [1.165, 1.54) is 17.5 Å². The number of aryl methyl sites for hydroxylation is 1. The molecule has 0 radical (unpaired) electrons. The number of hydrogen-bond donors (Lipinski definition) is 2. The van der Waals surface area contributed by atoms with Gasteiger partial charge in [-0.25, -0.2) is 0 Å². The highest BCUT2D eigenvalue weighted by Gasteiger charge is 2.18. The maximum absolute atomic E-state index is 8.85. The monoisotopic (exact) mass is 192 g/mol. The second-order valence-corrected chi connectivity index (χ2v) is 3.84. The van der Waals surface area contributed by atoms with E-state index in [1.54, 1.807) is 0 Å². The van der Waals surface area contributed by atoms with Crippen LogP contribution in [0.5, 0.6) is 0 Å². The molecule has 76 valence electrons. The van der Waals surface area contributed by atoms with Crippen molar-refractivity contribution in [1.82, 2.24) is 4.98 Å². The van der Waals surface area contributed by atoms with E-state index in [-0.39, 0.29) is 12.6 Å². The molecule has 1 atom stereocenters. The lowest BCUT2D eigenvalue weighted by molar-refractivity contribution is 0.276. The van der Waals surface area contributed by atoms with Crippen molar-refractivity contribution in [3.8, 4) is 0 Å². The largest absolute Gasteiger partial charge is 0.396 e. The Morgan fingerprint density at radius 2 is 2.29 bits per heavy atom. The molecule has 1 aromatic heterocycles. The third kappa shape index (κ3) is 1.65. The Balaban J connectivity index is 2.29. The molecule has 2 rings (SSSR count). The van der Waals surface area contributed by atoms with E-state index in [2.05, 4.69) is 4.98 Å². The van der Waals surface area contributed by atoms with Crippen LogP contribution in [0.25, 0.3) is 0 Å². The molecular weight excluding hydrogens is 176 g/mol. The van der Waals surface area contributed by atoms with Gasteiger partial charge in [-0.15, -0.1) is 0 Å². The number of pyridine rings is 1. The first-order valence-electron chi connectivity index (χ1n) is 5.15. The highest BCUT2D eigenvalue weighted by molar-refractivity contribution is 5.37. The second kappa shape index (κ2) is 4.07. The number of fused-ring (bicyclic) bond motifs is 1. The second-order valence-electron chi connectivity index (χ2n) is 3.84. The van der Waals surface area contributed by atoms with Crippen molar-refractivity contribution in [2.75, 3.05) is 6.61 Å². The standard InChI is InChI=1S/C11H16N2O/c12-11(4-5-14)10-7-13-6-8-2-1-3-9(8)10/h6-7,11,14H,1-5,12H2. The first-order valence-corrected chi connectivity index (χ1v) is 5.15. The SMILES string of the molecule is NC(CCO)c1cncc2c1CCC2. The number of hydrogen-bond acceptors (Lipinski definition) is 3. The van der Waals surface area contributed by atoms with Crippen LogP contribution in [0.1, 0.15) is 35.6 Å².